The second kappa shape index (κ2) is 12.2. The van der Waals surface area contributed by atoms with Crippen molar-refractivity contribution in [3.8, 4) is 0 Å². The number of fused-ring (bicyclic) bond motifs is 1. The van der Waals surface area contributed by atoms with Gasteiger partial charge < -0.3 is 15.1 Å². The number of carbonyl (C=O) groups excluding carboxylic acids is 1. The average Bonchev–Trinajstić information content (AvgIpc) is 3.37. The molecule has 6 rings (SSSR count). The number of rotatable bonds is 5. The van der Waals surface area contributed by atoms with E-state index in [-0.39, 0.29) is 5.91 Å². The van der Waals surface area contributed by atoms with Crippen molar-refractivity contribution >= 4 is 17.3 Å². The standard InChI is InChI=1S/C25H32N4O.C6H6/c30-25-16-26-23-8-4-5-9-24(23)29(25)22-11-14-27(15-12-22)18-21-10-13-28(19-21)17-20-6-2-1-3-7-20;1-2-4-6-5-3-1/h1-9,21-22,26H,10-19H2;1-6H/t21-;/m0./s1. The lowest BCUT2D eigenvalue weighted by atomic mass is 9.99. The Morgan fingerprint density at radius 3 is 2.06 bits per heavy atom. The number of hydrogen-bond donors (Lipinski definition) is 1. The van der Waals surface area contributed by atoms with E-state index in [0.29, 0.717) is 12.6 Å². The lowest BCUT2D eigenvalue weighted by Crippen LogP contribution is -2.51. The maximum absolute atomic E-state index is 12.6. The molecule has 1 N–H and O–H groups in total. The highest BCUT2D eigenvalue weighted by Gasteiger charge is 2.33. The van der Waals surface area contributed by atoms with Crippen molar-refractivity contribution in [3.05, 3.63) is 96.6 Å². The Labute approximate surface area is 215 Å². The number of likely N-dealkylation sites (tertiary alicyclic amines) is 2. The summed E-state index contributed by atoms with van der Waals surface area (Å²) in [5.41, 5.74) is 3.56. The molecule has 1 amide bonds. The van der Waals surface area contributed by atoms with Gasteiger partial charge in [0.05, 0.1) is 17.9 Å². The van der Waals surface area contributed by atoms with Crippen LogP contribution in [0.3, 0.4) is 0 Å². The second-order valence-corrected chi connectivity index (χ2v) is 10.2. The molecule has 0 radical (unpaired) electrons. The third-order valence-electron chi connectivity index (χ3n) is 7.59. The predicted octanol–water partition coefficient (Wildman–Crippen LogP) is 5.12. The first-order chi connectivity index (χ1) is 17.8. The van der Waals surface area contributed by atoms with Crippen LogP contribution in [0.2, 0.25) is 0 Å². The quantitative estimate of drug-likeness (QED) is 0.548. The van der Waals surface area contributed by atoms with E-state index in [0.717, 1.165) is 49.8 Å². The topological polar surface area (TPSA) is 38.8 Å². The van der Waals surface area contributed by atoms with Crippen LogP contribution in [0.1, 0.15) is 24.8 Å². The number of hydrogen-bond acceptors (Lipinski definition) is 4. The SMILES string of the molecule is O=C1CNc2ccccc2N1C1CCN(C[C@@H]2CCN(Cc3ccccc3)C2)CC1.c1ccccc1. The average molecular weight is 483 g/mol. The van der Waals surface area contributed by atoms with E-state index in [4.69, 9.17) is 0 Å². The van der Waals surface area contributed by atoms with Crippen LogP contribution in [0.4, 0.5) is 11.4 Å². The summed E-state index contributed by atoms with van der Waals surface area (Å²) in [4.78, 5) is 19.9. The number of benzene rings is 3. The van der Waals surface area contributed by atoms with E-state index in [1.165, 1.54) is 31.6 Å². The van der Waals surface area contributed by atoms with Gasteiger partial charge in [-0.3, -0.25) is 9.69 Å². The van der Waals surface area contributed by atoms with Crippen LogP contribution in [0.25, 0.3) is 0 Å². The van der Waals surface area contributed by atoms with Gasteiger partial charge in [-0.1, -0.05) is 78.9 Å². The van der Waals surface area contributed by atoms with E-state index in [9.17, 15) is 4.79 Å². The van der Waals surface area contributed by atoms with Crippen molar-refractivity contribution in [3.63, 3.8) is 0 Å². The highest BCUT2D eigenvalue weighted by Crippen LogP contribution is 2.33. The van der Waals surface area contributed by atoms with Gasteiger partial charge in [0.15, 0.2) is 0 Å². The normalized spacial score (nSPS) is 20.8. The van der Waals surface area contributed by atoms with Crippen molar-refractivity contribution in [2.45, 2.75) is 31.8 Å². The number of piperidine rings is 1. The van der Waals surface area contributed by atoms with Crippen LogP contribution in [0.15, 0.2) is 91.0 Å². The van der Waals surface area contributed by atoms with Crippen molar-refractivity contribution < 1.29 is 4.79 Å². The molecule has 188 valence electrons. The molecule has 3 aliphatic heterocycles. The van der Waals surface area contributed by atoms with Crippen LogP contribution >= 0.6 is 0 Å². The molecule has 0 aliphatic carbocycles. The third-order valence-corrected chi connectivity index (χ3v) is 7.59. The highest BCUT2D eigenvalue weighted by molar-refractivity contribution is 6.03. The number of amides is 1. The maximum Gasteiger partial charge on any atom is 0.246 e. The number of nitrogens with zero attached hydrogens (tertiary/aromatic N) is 3. The molecule has 0 unspecified atom stereocenters. The Hall–Kier alpha value is -3.15. The van der Waals surface area contributed by atoms with Gasteiger partial charge >= 0.3 is 0 Å². The highest BCUT2D eigenvalue weighted by atomic mass is 16.2. The van der Waals surface area contributed by atoms with Crippen molar-refractivity contribution in [2.24, 2.45) is 5.92 Å². The molecular formula is C31H38N4O. The molecular weight excluding hydrogens is 444 g/mol. The Kier molecular flexibility index (Phi) is 8.32. The van der Waals surface area contributed by atoms with Gasteiger partial charge in [-0.05, 0) is 49.4 Å². The van der Waals surface area contributed by atoms with Crippen molar-refractivity contribution in [2.75, 3.05) is 49.5 Å². The van der Waals surface area contributed by atoms with E-state index in [1.807, 2.05) is 48.5 Å². The van der Waals surface area contributed by atoms with Crippen molar-refractivity contribution in [1.29, 1.82) is 0 Å². The predicted molar refractivity (Wildman–Crippen MR) is 148 cm³/mol. The summed E-state index contributed by atoms with van der Waals surface area (Å²) in [6.45, 7) is 7.30. The molecule has 3 heterocycles. The first-order valence-electron chi connectivity index (χ1n) is 13.4. The number of carbonyl (C=O) groups is 1. The first-order valence-corrected chi connectivity index (χ1v) is 13.4. The van der Waals surface area contributed by atoms with E-state index in [2.05, 4.69) is 62.5 Å². The van der Waals surface area contributed by atoms with E-state index in [1.54, 1.807) is 0 Å². The molecule has 3 aromatic carbocycles. The number of anilines is 2. The molecule has 1 atom stereocenters. The summed E-state index contributed by atoms with van der Waals surface area (Å²) in [5, 5.41) is 3.25. The Morgan fingerprint density at radius 1 is 0.722 bits per heavy atom. The fourth-order valence-corrected chi connectivity index (χ4v) is 5.78. The van der Waals surface area contributed by atoms with Crippen LogP contribution < -0.4 is 10.2 Å². The molecule has 36 heavy (non-hydrogen) atoms. The molecule has 3 aromatic rings. The van der Waals surface area contributed by atoms with Gasteiger partial charge in [0, 0.05) is 38.8 Å². The van der Waals surface area contributed by atoms with Gasteiger partial charge in [-0.25, -0.2) is 0 Å². The summed E-state index contributed by atoms with van der Waals surface area (Å²) in [7, 11) is 0. The molecule has 5 nitrogen and oxygen atoms in total. The Morgan fingerprint density at radius 2 is 1.33 bits per heavy atom. The van der Waals surface area contributed by atoms with Crippen LogP contribution in [0.5, 0.6) is 0 Å². The molecule has 0 aromatic heterocycles. The largest absolute Gasteiger partial charge is 0.374 e. The Bertz CT molecular complexity index is 1060. The first kappa shape index (κ1) is 24.5. The molecule has 2 fully saturated rings. The second-order valence-electron chi connectivity index (χ2n) is 10.2. The summed E-state index contributed by atoms with van der Waals surface area (Å²) >= 11 is 0. The van der Waals surface area contributed by atoms with Crippen LogP contribution in [-0.2, 0) is 11.3 Å². The van der Waals surface area contributed by atoms with Gasteiger partial charge in [0.1, 0.15) is 0 Å². The summed E-state index contributed by atoms with van der Waals surface area (Å²) in [6.07, 6.45) is 3.44. The minimum Gasteiger partial charge on any atom is -0.374 e. The molecule has 2 saturated heterocycles. The molecule has 0 saturated carbocycles. The third kappa shape index (κ3) is 6.34. The molecule has 5 heteroatoms. The smallest absolute Gasteiger partial charge is 0.246 e. The van der Waals surface area contributed by atoms with Crippen LogP contribution in [-0.4, -0.2) is 61.0 Å². The van der Waals surface area contributed by atoms with Gasteiger partial charge in [-0.15, -0.1) is 0 Å². The number of para-hydroxylation sites is 2. The summed E-state index contributed by atoms with van der Waals surface area (Å²) in [5.74, 6) is 0.978. The zero-order chi connectivity index (χ0) is 24.6. The lowest BCUT2D eigenvalue weighted by molar-refractivity contribution is -0.117. The maximum atomic E-state index is 12.6. The van der Waals surface area contributed by atoms with E-state index >= 15 is 0 Å². The minimum absolute atomic E-state index is 0.208. The van der Waals surface area contributed by atoms with Crippen LogP contribution in [0, 0.1) is 5.92 Å². The van der Waals surface area contributed by atoms with Gasteiger partial charge in [0.25, 0.3) is 0 Å². The number of nitrogens with one attached hydrogen (secondary N) is 1. The fourth-order valence-electron chi connectivity index (χ4n) is 5.78. The fraction of sp³-hybridized carbons (Fsp3) is 0.387. The van der Waals surface area contributed by atoms with Gasteiger partial charge in [0.2, 0.25) is 5.91 Å². The monoisotopic (exact) mass is 482 g/mol. The molecule has 0 spiro atoms. The zero-order valence-electron chi connectivity index (χ0n) is 21.1. The molecule has 3 aliphatic rings. The zero-order valence-corrected chi connectivity index (χ0v) is 21.1. The lowest BCUT2D eigenvalue weighted by Gasteiger charge is -2.41. The Balaban J connectivity index is 0.000000391. The molecule has 0 bridgehead atoms. The van der Waals surface area contributed by atoms with Crippen molar-refractivity contribution in [1.82, 2.24) is 9.80 Å². The van der Waals surface area contributed by atoms with E-state index < -0.39 is 0 Å². The van der Waals surface area contributed by atoms with Gasteiger partial charge in [-0.2, -0.15) is 0 Å². The summed E-state index contributed by atoms with van der Waals surface area (Å²) in [6, 6.07) is 31.4. The minimum atomic E-state index is 0.208. The summed E-state index contributed by atoms with van der Waals surface area (Å²) < 4.78 is 0.